The SMILES string of the molecule is CCCCC(CC[n+]1ccccc1)CC(P(=O)(O)O)P(=O)(O)O.[Cl-]. The largest absolute Gasteiger partial charge is 1.00 e. The van der Waals surface area contributed by atoms with Gasteiger partial charge in [0, 0.05) is 18.6 Å². The quantitative estimate of drug-likeness (QED) is 0.302. The highest BCUT2D eigenvalue weighted by Gasteiger charge is 2.44. The molecule has 0 aliphatic heterocycles. The van der Waals surface area contributed by atoms with Crippen LogP contribution < -0.4 is 17.0 Å². The Morgan fingerprint density at radius 3 is 1.96 bits per heavy atom. The lowest BCUT2D eigenvalue weighted by Crippen LogP contribution is -3.00. The summed E-state index contributed by atoms with van der Waals surface area (Å²) in [5, 5.41) is -1.90. The number of nitrogens with zero attached hydrogens (tertiary/aromatic N) is 1. The summed E-state index contributed by atoms with van der Waals surface area (Å²) in [7, 11) is -9.70. The number of pyridine rings is 1. The maximum Gasteiger partial charge on any atom is 0.340 e. The first-order valence-electron chi connectivity index (χ1n) is 7.69. The van der Waals surface area contributed by atoms with Gasteiger partial charge in [-0.05, 0) is 12.3 Å². The Kier molecular flexibility index (Phi) is 10.6. The van der Waals surface area contributed by atoms with E-state index >= 15 is 0 Å². The summed E-state index contributed by atoms with van der Waals surface area (Å²) in [4.78, 5) is 37.1. The van der Waals surface area contributed by atoms with Crippen LogP contribution in [-0.4, -0.2) is 25.0 Å². The van der Waals surface area contributed by atoms with Crippen molar-refractivity contribution in [3.05, 3.63) is 30.6 Å². The summed E-state index contributed by atoms with van der Waals surface area (Å²) in [6, 6.07) is 5.66. The number of aromatic nitrogens is 1. The van der Waals surface area contributed by atoms with Crippen molar-refractivity contribution < 1.29 is 45.7 Å². The second kappa shape index (κ2) is 10.7. The fourth-order valence-corrected chi connectivity index (χ4v) is 5.27. The molecule has 140 valence electrons. The molecule has 0 aliphatic rings. The van der Waals surface area contributed by atoms with Crippen molar-refractivity contribution in [3.8, 4) is 0 Å². The molecule has 1 unspecified atom stereocenters. The molecule has 0 aromatic carbocycles. The van der Waals surface area contributed by atoms with Crippen molar-refractivity contribution in [1.29, 1.82) is 0 Å². The molecule has 0 radical (unpaired) electrons. The molecule has 1 atom stereocenters. The van der Waals surface area contributed by atoms with Gasteiger partial charge in [-0.3, -0.25) is 9.13 Å². The predicted octanol–water partition coefficient (Wildman–Crippen LogP) is -0.754. The number of hydrogen-bond acceptors (Lipinski definition) is 2. The Balaban J connectivity index is 0.00000529. The zero-order valence-corrected chi connectivity index (χ0v) is 16.2. The lowest BCUT2D eigenvalue weighted by atomic mass is 9.95. The normalized spacial score (nSPS) is 13.6. The molecule has 7 nitrogen and oxygen atoms in total. The number of unbranched alkanes of at least 4 members (excludes halogenated alkanes) is 1. The van der Waals surface area contributed by atoms with Crippen LogP contribution in [0.15, 0.2) is 30.6 Å². The van der Waals surface area contributed by atoms with Crippen molar-refractivity contribution in [2.45, 2.75) is 51.0 Å². The first-order valence-corrected chi connectivity index (χ1v) is 11.1. The molecule has 4 N–H and O–H groups in total. The number of halogens is 1. The Morgan fingerprint density at radius 2 is 1.50 bits per heavy atom. The van der Waals surface area contributed by atoms with Crippen LogP contribution in [0.5, 0.6) is 0 Å². The van der Waals surface area contributed by atoms with Crippen LogP contribution in [0.4, 0.5) is 0 Å². The molecule has 0 fully saturated rings. The number of aryl methyl sites for hydroxylation is 1. The molecule has 1 aromatic heterocycles. The molecule has 0 amide bonds. The molecule has 0 bridgehead atoms. The fraction of sp³-hybridized carbons (Fsp3) is 0.643. The minimum atomic E-state index is -4.85. The van der Waals surface area contributed by atoms with Crippen LogP contribution in [-0.2, 0) is 15.7 Å². The standard InChI is InChI=1S/C14H25NO6P2.ClH/c1-2-3-7-13(8-11-15-9-5-4-6-10-15)12-14(22(16,17)18)23(19,20)21;/h4-6,9-10,13-14H,2-3,7-8,11-12H2,1H3,(H3-,16,17,18,19,20,21);1H. The summed E-state index contributed by atoms with van der Waals surface area (Å²) in [5.41, 5.74) is 0. The molecule has 1 aromatic rings. The van der Waals surface area contributed by atoms with E-state index in [0.717, 1.165) is 12.8 Å². The van der Waals surface area contributed by atoms with Gasteiger partial charge in [-0.25, -0.2) is 4.57 Å². The number of rotatable bonds is 10. The van der Waals surface area contributed by atoms with E-state index in [1.165, 1.54) is 0 Å². The third-order valence-electron chi connectivity index (χ3n) is 3.86. The summed E-state index contributed by atoms with van der Waals surface area (Å²) < 4.78 is 24.9. The average Bonchev–Trinajstić information content (AvgIpc) is 2.45. The van der Waals surface area contributed by atoms with Crippen molar-refractivity contribution in [3.63, 3.8) is 0 Å². The predicted molar refractivity (Wildman–Crippen MR) is 86.8 cm³/mol. The van der Waals surface area contributed by atoms with Gasteiger partial charge >= 0.3 is 15.2 Å². The Labute approximate surface area is 148 Å². The molecule has 0 aliphatic carbocycles. The third-order valence-corrected chi connectivity index (χ3v) is 7.64. The van der Waals surface area contributed by atoms with E-state index in [9.17, 15) is 28.7 Å². The van der Waals surface area contributed by atoms with Gasteiger partial charge in [0.25, 0.3) is 0 Å². The van der Waals surface area contributed by atoms with Crippen molar-refractivity contribution in [2.75, 3.05) is 0 Å². The molecular formula is C14H26ClNO6P2. The van der Waals surface area contributed by atoms with Crippen LogP contribution in [0, 0.1) is 5.92 Å². The Hall–Kier alpha value is -0.260. The van der Waals surface area contributed by atoms with Gasteiger partial charge < -0.3 is 32.0 Å². The number of hydrogen-bond donors (Lipinski definition) is 4. The second-order valence-corrected chi connectivity index (χ2v) is 9.82. The van der Waals surface area contributed by atoms with Crippen LogP contribution in [0.25, 0.3) is 0 Å². The maximum absolute atomic E-state index is 11.5. The van der Waals surface area contributed by atoms with Gasteiger partial charge in [-0.1, -0.05) is 32.3 Å². The lowest BCUT2D eigenvalue weighted by molar-refractivity contribution is -0.698. The highest BCUT2D eigenvalue weighted by atomic mass is 35.5. The molecular weight excluding hydrogens is 376 g/mol. The molecule has 1 rings (SSSR count). The minimum absolute atomic E-state index is 0. The molecule has 0 saturated heterocycles. The van der Waals surface area contributed by atoms with Gasteiger partial charge in [0.05, 0.1) is 0 Å². The highest BCUT2D eigenvalue weighted by molar-refractivity contribution is 7.70. The fourth-order valence-electron chi connectivity index (χ4n) is 2.56. The van der Waals surface area contributed by atoms with E-state index in [0.29, 0.717) is 19.4 Å². The summed E-state index contributed by atoms with van der Waals surface area (Å²) in [6.07, 6.45) is 6.71. The van der Waals surface area contributed by atoms with E-state index in [4.69, 9.17) is 0 Å². The monoisotopic (exact) mass is 401 g/mol. The van der Waals surface area contributed by atoms with E-state index in [-0.39, 0.29) is 24.7 Å². The average molecular weight is 402 g/mol. The highest BCUT2D eigenvalue weighted by Crippen LogP contribution is 2.62. The first kappa shape index (κ1) is 23.7. The van der Waals surface area contributed by atoms with Gasteiger partial charge in [0.2, 0.25) is 0 Å². The summed E-state index contributed by atoms with van der Waals surface area (Å²) in [5.74, 6) is -0.145. The third kappa shape index (κ3) is 8.72. The summed E-state index contributed by atoms with van der Waals surface area (Å²) in [6.45, 7) is 2.65. The van der Waals surface area contributed by atoms with E-state index < -0.39 is 20.6 Å². The van der Waals surface area contributed by atoms with Gasteiger partial charge in [-0.15, -0.1) is 0 Å². The minimum Gasteiger partial charge on any atom is -1.00 e. The lowest BCUT2D eigenvalue weighted by Gasteiger charge is -2.24. The Bertz CT molecular complexity index is 540. The van der Waals surface area contributed by atoms with Crippen LogP contribution in [0.1, 0.15) is 39.0 Å². The van der Waals surface area contributed by atoms with Crippen LogP contribution >= 0.6 is 15.2 Å². The maximum atomic E-state index is 11.5. The summed E-state index contributed by atoms with van der Waals surface area (Å²) >= 11 is 0. The molecule has 0 spiro atoms. The van der Waals surface area contributed by atoms with Crippen molar-refractivity contribution >= 4 is 15.2 Å². The first-order chi connectivity index (χ1) is 10.6. The second-order valence-electron chi connectivity index (χ2n) is 5.80. The topological polar surface area (TPSA) is 119 Å². The van der Waals surface area contributed by atoms with E-state index in [1.807, 2.05) is 42.1 Å². The van der Waals surface area contributed by atoms with Crippen LogP contribution in [0.2, 0.25) is 0 Å². The Morgan fingerprint density at radius 1 is 0.958 bits per heavy atom. The van der Waals surface area contributed by atoms with E-state index in [2.05, 4.69) is 0 Å². The van der Waals surface area contributed by atoms with Gasteiger partial charge in [0.15, 0.2) is 17.8 Å². The molecule has 24 heavy (non-hydrogen) atoms. The molecule has 1 heterocycles. The zero-order valence-electron chi connectivity index (χ0n) is 13.6. The van der Waals surface area contributed by atoms with E-state index in [1.54, 1.807) is 0 Å². The molecule has 10 heteroatoms. The zero-order chi connectivity index (χ0) is 17.5. The smallest absolute Gasteiger partial charge is 0.340 e. The van der Waals surface area contributed by atoms with Gasteiger partial charge in [-0.2, -0.15) is 0 Å². The van der Waals surface area contributed by atoms with Crippen molar-refractivity contribution in [2.24, 2.45) is 5.92 Å². The van der Waals surface area contributed by atoms with Crippen LogP contribution in [0.3, 0.4) is 0 Å². The van der Waals surface area contributed by atoms with Gasteiger partial charge in [0.1, 0.15) is 6.54 Å². The molecule has 0 saturated carbocycles. The van der Waals surface area contributed by atoms with Crippen molar-refractivity contribution in [1.82, 2.24) is 0 Å².